The highest BCUT2D eigenvalue weighted by molar-refractivity contribution is 6.61. The van der Waals surface area contributed by atoms with Crippen molar-refractivity contribution in [1.29, 1.82) is 0 Å². The maximum atomic E-state index is 11.1. The molecule has 12 nitrogen and oxygen atoms in total. The fraction of sp³-hybridized carbons (Fsp3) is 0.789. The van der Waals surface area contributed by atoms with E-state index in [0.29, 0.717) is 13.1 Å². The number of alkyl halides is 4. The van der Waals surface area contributed by atoms with E-state index in [1.165, 1.54) is 0 Å². The minimum absolute atomic E-state index is 0.178. The van der Waals surface area contributed by atoms with Gasteiger partial charge in [0.25, 0.3) is 0 Å². The van der Waals surface area contributed by atoms with Crippen LogP contribution in [0.1, 0.15) is 41.5 Å². The van der Waals surface area contributed by atoms with Crippen LogP contribution in [-0.4, -0.2) is 78.6 Å². The number of carbonyl (C=O) groups is 4. The van der Waals surface area contributed by atoms with Crippen molar-refractivity contribution in [2.45, 2.75) is 52.7 Å². The van der Waals surface area contributed by atoms with E-state index in [0.717, 1.165) is 0 Å². The Hall–Kier alpha value is -1.31. The highest BCUT2D eigenvalue weighted by Gasteiger charge is 2.16. The van der Waals surface area contributed by atoms with Crippen molar-refractivity contribution in [2.24, 2.45) is 5.73 Å². The lowest BCUT2D eigenvalue weighted by atomic mass is 10.2. The summed E-state index contributed by atoms with van der Waals surface area (Å²) < 4.78 is 18.2. The van der Waals surface area contributed by atoms with Gasteiger partial charge in [-0.25, -0.2) is 19.2 Å². The average molecular weight is 627 g/mol. The summed E-state index contributed by atoms with van der Waals surface area (Å²) in [5.41, 5.74) is 3.34. The number of nitrogens with one attached hydrogen (secondary N) is 3. The van der Waals surface area contributed by atoms with Crippen LogP contribution in [0, 0.1) is 0 Å². The van der Waals surface area contributed by atoms with Crippen LogP contribution in [0.15, 0.2) is 0 Å². The van der Waals surface area contributed by atoms with E-state index in [4.69, 9.17) is 61.6 Å². The van der Waals surface area contributed by atoms with E-state index in [1.54, 1.807) is 20.8 Å². The van der Waals surface area contributed by atoms with Crippen molar-refractivity contribution in [1.82, 2.24) is 16.0 Å². The van der Waals surface area contributed by atoms with Gasteiger partial charge in [0, 0.05) is 37.8 Å². The van der Waals surface area contributed by atoms with Crippen molar-refractivity contribution in [2.75, 3.05) is 43.7 Å². The third-order valence-electron chi connectivity index (χ3n) is 2.23. The molecule has 0 aromatic heterocycles. The molecule has 36 heavy (non-hydrogen) atoms. The van der Waals surface area contributed by atoms with E-state index in [1.807, 2.05) is 20.8 Å². The van der Waals surface area contributed by atoms with Gasteiger partial charge in [0.05, 0.1) is 5.34 Å². The van der Waals surface area contributed by atoms with Gasteiger partial charge in [-0.05, 0) is 41.5 Å². The zero-order chi connectivity index (χ0) is 29.2. The lowest BCUT2D eigenvalue weighted by molar-refractivity contribution is 0.0517. The predicted octanol–water partition coefficient (Wildman–Crippen LogP) is 4.88. The van der Waals surface area contributed by atoms with Crippen LogP contribution in [0.5, 0.6) is 0 Å². The number of hydrogen-bond acceptors (Lipinski definition) is 9. The molecule has 0 aliphatic heterocycles. The van der Waals surface area contributed by atoms with Gasteiger partial charge >= 0.3 is 23.7 Å². The average Bonchev–Trinajstić information content (AvgIpc) is 2.69. The van der Waals surface area contributed by atoms with Gasteiger partial charge in [0.15, 0.2) is 12.1 Å². The van der Waals surface area contributed by atoms with Gasteiger partial charge in [-0.3, -0.25) is 0 Å². The molecule has 0 aliphatic carbocycles. The first-order chi connectivity index (χ1) is 16.5. The number of ether oxygens (including phenoxy) is 4. The van der Waals surface area contributed by atoms with Crippen molar-refractivity contribution in [3.63, 3.8) is 0 Å². The third-order valence-corrected chi connectivity index (χ3v) is 2.56. The largest absolute Gasteiger partial charge is 0.444 e. The number of alkyl carbamates (subject to hydrolysis) is 3. The Balaban J connectivity index is -0.000000220. The van der Waals surface area contributed by atoms with Gasteiger partial charge in [-0.15, -0.1) is 23.2 Å². The summed E-state index contributed by atoms with van der Waals surface area (Å²) in [6.07, 6.45) is -1.57. The fourth-order valence-electron chi connectivity index (χ4n) is 1.28. The van der Waals surface area contributed by atoms with Crippen LogP contribution < -0.4 is 21.7 Å². The van der Waals surface area contributed by atoms with Crippen LogP contribution in [-0.2, 0) is 18.9 Å². The number of nitrogens with two attached hydrogens (primary N) is 1. The summed E-state index contributed by atoms with van der Waals surface area (Å²) in [7, 11) is 0. The first kappa shape index (κ1) is 41.8. The Morgan fingerprint density at radius 3 is 1.25 bits per heavy atom. The molecule has 0 saturated heterocycles. The molecule has 0 aromatic carbocycles. The fourth-order valence-corrected chi connectivity index (χ4v) is 1.58. The molecule has 0 fully saturated rings. The molecule has 216 valence electrons. The molecule has 0 spiro atoms. The van der Waals surface area contributed by atoms with Crippen molar-refractivity contribution < 1.29 is 38.1 Å². The Labute approximate surface area is 237 Å². The normalized spacial score (nSPS) is 9.78. The number of amides is 3. The maximum Gasteiger partial charge on any atom is 0.408 e. The Morgan fingerprint density at radius 2 is 1.00 bits per heavy atom. The minimum Gasteiger partial charge on any atom is -0.444 e. The number of halogens is 5. The van der Waals surface area contributed by atoms with E-state index < -0.39 is 34.9 Å². The third kappa shape index (κ3) is 49.7. The zero-order valence-corrected chi connectivity index (χ0v) is 25.0. The van der Waals surface area contributed by atoms with Crippen LogP contribution in [0.3, 0.4) is 0 Å². The molecule has 0 saturated carbocycles. The van der Waals surface area contributed by atoms with Crippen LogP contribution >= 0.6 is 58.0 Å². The van der Waals surface area contributed by atoms with Gasteiger partial charge < -0.3 is 40.6 Å². The van der Waals surface area contributed by atoms with Gasteiger partial charge in [-0.2, -0.15) is 0 Å². The molecule has 0 atom stereocenters. The monoisotopic (exact) mass is 624 g/mol. The van der Waals surface area contributed by atoms with Crippen molar-refractivity contribution >= 4 is 81.7 Å². The molecule has 0 heterocycles. The number of hydrogen-bond donors (Lipinski definition) is 4. The maximum absolute atomic E-state index is 11.1. The van der Waals surface area contributed by atoms with Gasteiger partial charge in [0.1, 0.15) is 11.2 Å². The Morgan fingerprint density at radius 1 is 0.667 bits per heavy atom. The van der Waals surface area contributed by atoms with Gasteiger partial charge in [0.2, 0.25) is 0 Å². The minimum atomic E-state index is -0.870. The van der Waals surface area contributed by atoms with Crippen LogP contribution in [0.25, 0.3) is 0 Å². The molecule has 3 amide bonds. The summed E-state index contributed by atoms with van der Waals surface area (Å²) in [6, 6.07) is -0.381. The quantitative estimate of drug-likeness (QED) is 0.133. The molecule has 0 rings (SSSR count). The first-order valence-electron chi connectivity index (χ1n) is 10.1. The highest BCUT2D eigenvalue weighted by Crippen LogP contribution is 2.06. The molecule has 0 aromatic rings. The Kier molecular flexibility index (Phi) is 31.1. The summed E-state index contributed by atoms with van der Waals surface area (Å²) in [4.78, 5) is 42.2. The summed E-state index contributed by atoms with van der Waals surface area (Å²) >= 11 is 24.2. The summed E-state index contributed by atoms with van der Waals surface area (Å²) in [5, 5.41) is 7.56. The second-order valence-electron chi connectivity index (χ2n) is 7.71. The predicted molar refractivity (Wildman–Crippen MR) is 142 cm³/mol. The lowest BCUT2D eigenvalue weighted by Gasteiger charge is -2.19. The smallest absolute Gasteiger partial charge is 0.408 e. The second kappa shape index (κ2) is 26.7. The van der Waals surface area contributed by atoms with Crippen molar-refractivity contribution in [3.8, 4) is 0 Å². The second-order valence-corrected chi connectivity index (χ2v) is 9.26. The van der Waals surface area contributed by atoms with Gasteiger partial charge in [-0.1, -0.05) is 23.2 Å². The molecule has 5 N–H and O–H groups in total. The summed E-state index contributed by atoms with van der Waals surface area (Å²) in [5.74, 6) is 0. The molecule has 0 bridgehead atoms. The molecule has 0 radical (unpaired) electrons. The number of carbonyl (C=O) groups excluding carboxylic acids is 4. The Bertz CT molecular complexity index is 591. The summed E-state index contributed by atoms with van der Waals surface area (Å²) in [6.45, 7) is 12.1. The molecule has 0 unspecified atom stereocenters. The van der Waals surface area contributed by atoms with Crippen LogP contribution in [0.2, 0.25) is 0 Å². The SMILES string of the molecule is CC(C)(C)OC(=O)NCCN.CC(C)(C)OC(=O)NCCNC(=O)OCCl.ClCCl.O=C(Cl)OCCl. The first-order valence-corrected chi connectivity index (χ1v) is 12.6. The lowest BCUT2D eigenvalue weighted by Crippen LogP contribution is -2.37. The molecular formula is C19H37Cl5N4O8. The van der Waals surface area contributed by atoms with Crippen molar-refractivity contribution in [3.05, 3.63) is 0 Å². The van der Waals surface area contributed by atoms with E-state index in [9.17, 15) is 19.2 Å². The number of rotatable bonds is 7. The molecule has 0 aliphatic rings. The standard InChI is InChI=1S/C9H17ClN2O4.C7H16N2O2.C2H2Cl2O2.CH2Cl2/c1-9(2,3)16-8(14)12-5-4-11-7(13)15-6-10;1-7(2,3)11-6(10)9-5-4-8;3-1-6-2(4)5;2-1-3/h4-6H2,1-3H3,(H,11,13)(H,12,14);4-5,8H2,1-3H3,(H,9,10);1H2;1H2. The van der Waals surface area contributed by atoms with E-state index in [2.05, 4.69) is 37.0 Å². The highest BCUT2D eigenvalue weighted by atomic mass is 35.5. The van der Waals surface area contributed by atoms with E-state index >= 15 is 0 Å². The molecule has 17 heteroatoms. The molecular weight excluding hydrogens is 589 g/mol. The topological polar surface area (TPSA) is 167 Å². The van der Waals surface area contributed by atoms with Crippen LogP contribution in [0.4, 0.5) is 19.2 Å². The van der Waals surface area contributed by atoms with E-state index in [-0.39, 0.29) is 30.6 Å². The zero-order valence-electron chi connectivity index (χ0n) is 21.2.